The third-order valence-electron chi connectivity index (χ3n) is 7.36. The second kappa shape index (κ2) is 14.5. The molecule has 2 aromatic heterocycles. The molecule has 0 radical (unpaired) electrons. The summed E-state index contributed by atoms with van der Waals surface area (Å²) in [5, 5.41) is 0. The molecule has 4 aromatic rings. The lowest BCUT2D eigenvalue weighted by Crippen LogP contribution is -2.39. The van der Waals surface area contributed by atoms with Crippen LogP contribution in [0, 0.1) is 0 Å². The molecule has 5 rings (SSSR count). The van der Waals surface area contributed by atoms with E-state index < -0.39 is 12.0 Å². The van der Waals surface area contributed by atoms with Gasteiger partial charge in [0.2, 0.25) is 0 Å². The third-order valence-corrected chi connectivity index (χ3v) is 8.34. The molecule has 3 heterocycles. The quantitative estimate of drug-likeness (QED) is 0.148. The lowest BCUT2D eigenvalue weighted by atomic mass is 9.95. The maximum atomic E-state index is 14.0. The van der Waals surface area contributed by atoms with Crippen LogP contribution in [0.4, 0.5) is 0 Å². The summed E-state index contributed by atoms with van der Waals surface area (Å²) in [6.45, 7) is 8.33. The van der Waals surface area contributed by atoms with Crippen molar-refractivity contribution in [3.8, 4) is 22.8 Å². The molecule has 1 aliphatic heterocycles. The Bertz CT molecular complexity index is 1950. The second-order valence-corrected chi connectivity index (χ2v) is 11.4. The highest BCUT2D eigenvalue weighted by Gasteiger charge is 2.34. The summed E-state index contributed by atoms with van der Waals surface area (Å²) in [7, 11) is 1.55. The summed E-state index contributed by atoms with van der Waals surface area (Å²) in [5.74, 6) is 1.15. The molecule has 240 valence electrons. The molecule has 0 spiro atoms. The van der Waals surface area contributed by atoms with Gasteiger partial charge < -0.3 is 23.4 Å². The lowest BCUT2D eigenvalue weighted by Gasteiger charge is -2.25. The predicted octanol–water partition coefficient (Wildman–Crippen LogP) is 5.42. The van der Waals surface area contributed by atoms with Crippen LogP contribution < -0.4 is 24.4 Å². The standard InChI is InChI=1S/C35H36N2O8S/c1-6-9-18-44-33(39)23-12-10-22(11-13-23)26-17-15-25(45-26)20-29-32(38)37-31(24-14-16-27(41-5)28(19-24)42-7-2)30(34(40)43-8-3)21(4)36-35(37)46-29/h10-17,19-20,31H,6-9,18H2,1-5H3/b29-20-/t31-/m0/s1. The van der Waals surface area contributed by atoms with Gasteiger partial charge in [0.05, 0.1) is 54.3 Å². The second-order valence-electron chi connectivity index (χ2n) is 10.4. The molecule has 2 aromatic carbocycles. The number of nitrogens with zero attached hydrogens (tertiary/aromatic N) is 2. The molecular formula is C35H36N2O8S. The van der Waals surface area contributed by atoms with Gasteiger partial charge in [0.15, 0.2) is 16.3 Å². The zero-order chi connectivity index (χ0) is 32.8. The van der Waals surface area contributed by atoms with Gasteiger partial charge in [-0.1, -0.05) is 42.9 Å². The zero-order valence-electron chi connectivity index (χ0n) is 26.5. The topological polar surface area (TPSA) is 119 Å². The first-order valence-corrected chi connectivity index (χ1v) is 16.0. The number of fused-ring (bicyclic) bond motifs is 1. The number of thiazole rings is 1. The fourth-order valence-electron chi connectivity index (χ4n) is 5.12. The van der Waals surface area contributed by atoms with E-state index in [-0.39, 0.29) is 23.7 Å². The van der Waals surface area contributed by atoms with E-state index in [0.717, 1.165) is 18.4 Å². The first-order valence-electron chi connectivity index (χ1n) is 15.2. The van der Waals surface area contributed by atoms with Crippen LogP contribution in [0.5, 0.6) is 11.5 Å². The maximum Gasteiger partial charge on any atom is 0.338 e. The Kier molecular flexibility index (Phi) is 10.2. The Morgan fingerprint density at radius 3 is 2.46 bits per heavy atom. The number of rotatable bonds is 12. The van der Waals surface area contributed by atoms with Crippen molar-refractivity contribution >= 4 is 29.4 Å². The van der Waals surface area contributed by atoms with Crippen molar-refractivity contribution in [3.05, 3.63) is 102 Å². The normalized spacial score (nSPS) is 14.5. The molecular weight excluding hydrogens is 608 g/mol. The maximum absolute atomic E-state index is 14.0. The van der Waals surface area contributed by atoms with Gasteiger partial charge in [-0.25, -0.2) is 14.6 Å². The molecule has 11 heteroatoms. The molecule has 0 unspecified atom stereocenters. The minimum atomic E-state index is -0.804. The highest BCUT2D eigenvalue weighted by molar-refractivity contribution is 7.07. The van der Waals surface area contributed by atoms with Gasteiger partial charge >= 0.3 is 11.9 Å². The first-order chi connectivity index (χ1) is 22.3. The van der Waals surface area contributed by atoms with Crippen molar-refractivity contribution in [2.45, 2.75) is 46.6 Å². The van der Waals surface area contributed by atoms with Crippen LogP contribution in [0.15, 0.2) is 80.1 Å². The molecule has 0 amide bonds. The monoisotopic (exact) mass is 644 g/mol. The van der Waals surface area contributed by atoms with E-state index in [1.54, 1.807) is 81.6 Å². The summed E-state index contributed by atoms with van der Waals surface area (Å²) in [6, 6.07) is 15.1. The number of carbonyl (C=O) groups excluding carboxylic acids is 2. The highest BCUT2D eigenvalue weighted by Crippen LogP contribution is 2.36. The number of ether oxygens (including phenoxy) is 4. The molecule has 1 aliphatic rings. The molecule has 0 saturated heterocycles. The Morgan fingerprint density at radius 1 is 0.978 bits per heavy atom. The molecule has 46 heavy (non-hydrogen) atoms. The van der Waals surface area contributed by atoms with Crippen LogP contribution in [0.2, 0.25) is 0 Å². The molecule has 0 fully saturated rings. The van der Waals surface area contributed by atoms with Crippen molar-refractivity contribution in [3.63, 3.8) is 0 Å². The van der Waals surface area contributed by atoms with Crippen molar-refractivity contribution < 1.29 is 33.0 Å². The number of allylic oxidation sites excluding steroid dienone is 1. The minimum absolute atomic E-state index is 0.173. The molecule has 1 atom stereocenters. The molecule has 0 bridgehead atoms. The summed E-state index contributed by atoms with van der Waals surface area (Å²) in [5.41, 5.74) is 2.28. The number of esters is 2. The summed E-state index contributed by atoms with van der Waals surface area (Å²) in [6.07, 6.45) is 3.43. The van der Waals surface area contributed by atoms with Gasteiger partial charge in [0, 0.05) is 11.6 Å². The van der Waals surface area contributed by atoms with Crippen LogP contribution >= 0.6 is 11.3 Å². The van der Waals surface area contributed by atoms with E-state index in [9.17, 15) is 14.4 Å². The van der Waals surface area contributed by atoms with Crippen LogP contribution in [0.3, 0.4) is 0 Å². The number of unbranched alkanes of at least 4 members (excludes halogenated alkanes) is 1. The number of benzene rings is 2. The van der Waals surface area contributed by atoms with Gasteiger partial charge in [-0.2, -0.15) is 0 Å². The Morgan fingerprint density at radius 2 is 1.76 bits per heavy atom. The van der Waals surface area contributed by atoms with E-state index >= 15 is 0 Å². The van der Waals surface area contributed by atoms with E-state index in [1.807, 2.05) is 13.8 Å². The highest BCUT2D eigenvalue weighted by atomic mass is 32.1. The average Bonchev–Trinajstić information content (AvgIpc) is 3.64. The Hall–Kier alpha value is -4.90. The van der Waals surface area contributed by atoms with Gasteiger partial charge in [0.25, 0.3) is 5.56 Å². The van der Waals surface area contributed by atoms with Gasteiger partial charge in [-0.05, 0) is 69.2 Å². The SMILES string of the molecule is CCCCOC(=O)c1ccc(-c2ccc(/C=c3\sc4n(c3=O)[C@@H](c3ccc(OC)c(OCC)c3)C(C(=O)OCC)=C(C)N=4)o2)cc1. The molecule has 0 N–H and O–H groups in total. The van der Waals surface area contributed by atoms with E-state index in [0.29, 0.717) is 62.4 Å². The Labute approximate surface area is 270 Å². The summed E-state index contributed by atoms with van der Waals surface area (Å²) in [4.78, 5) is 44.6. The molecule has 0 aliphatic carbocycles. The van der Waals surface area contributed by atoms with Crippen LogP contribution in [-0.4, -0.2) is 43.4 Å². The number of aromatic nitrogens is 1. The van der Waals surface area contributed by atoms with Crippen LogP contribution in [0.25, 0.3) is 17.4 Å². The largest absolute Gasteiger partial charge is 0.493 e. The number of carbonyl (C=O) groups is 2. The van der Waals surface area contributed by atoms with E-state index in [1.165, 1.54) is 15.9 Å². The smallest absolute Gasteiger partial charge is 0.338 e. The molecule has 10 nitrogen and oxygen atoms in total. The van der Waals surface area contributed by atoms with Crippen molar-refractivity contribution in [2.75, 3.05) is 26.9 Å². The van der Waals surface area contributed by atoms with Crippen molar-refractivity contribution in [1.82, 2.24) is 4.57 Å². The minimum Gasteiger partial charge on any atom is -0.493 e. The molecule has 0 saturated carbocycles. The number of hydrogen-bond donors (Lipinski definition) is 0. The van der Waals surface area contributed by atoms with Gasteiger partial charge in [-0.3, -0.25) is 9.36 Å². The third kappa shape index (κ3) is 6.69. The lowest BCUT2D eigenvalue weighted by molar-refractivity contribution is -0.139. The Balaban J connectivity index is 1.52. The number of furan rings is 1. The first kappa shape index (κ1) is 32.5. The summed E-state index contributed by atoms with van der Waals surface area (Å²) < 4.78 is 29.9. The van der Waals surface area contributed by atoms with E-state index in [4.69, 9.17) is 23.4 Å². The van der Waals surface area contributed by atoms with Gasteiger partial charge in [-0.15, -0.1) is 0 Å². The van der Waals surface area contributed by atoms with Crippen molar-refractivity contribution in [2.24, 2.45) is 4.99 Å². The van der Waals surface area contributed by atoms with E-state index in [2.05, 4.69) is 4.99 Å². The number of hydrogen-bond acceptors (Lipinski definition) is 10. The van der Waals surface area contributed by atoms with Crippen LogP contribution in [0.1, 0.15) is 68.3 Å². The predicted molar refractivity (Wildman–Crippen MR) is 174 cm³/mol. The van der Waals surface area contributed by atoms with Crippen molar-refractivity contribution in [1.29, 1.82) is 0 Å². The van der Waals surface area contributed by atoms with Crippen LogP contribution in [-0.2, 0) is 14.3 Å². The average molecular weight is 645 g/mol. The fourth-order valence-corrected chi connectivity index (χ4v) is 6.14. The fraction of sp³-hybridized carbons (Fsp3) is 0.314. The summed E-state index contributed by atoms with van der Waals surface area (Å²) >= 11 is 1.20. The number of methoxy groups -OCH3 is 1. The zero-order valence-corrected chi connectivity index (χ0v) is 27.3. The van der Waals surface area contributed by atoms with Gasteiger partial charge in [0.1, 0.15) is 11.5 Å².